The van der Waals surface area contributed by atoms with Gasteiger partial charge in [-0.1, -0.05) is 19.8 Å². The minimum atomic E-state index is -4.39. The normalized spacial score (nSPS) is 13.5. The van der Waals surface area contributed by atoms with Gasteiger partial charge in [0.1, 0.15) is 6.04 Å². The molecule has 7 heteroatoms. The molecule has 0 aliphatic carbocycles. The number of carboxylic acid groups (broad SMARTS) is 1. The highest BCUT2D eigenvalue weighted by atomic mass is 32.1. The fourth-order valence-corrected chi connectivity index (χ4v) is 2.53. The molecule has 0 aliphatic rings. The van der Waals surface area contributed by atoms with Crippen LogP contribution in [0.3, 0.4) is 0 Å². The highest BCUT2D eigenvalue weighted by Crippen LogP contribution is 2.34. The molecule has 19 heavy (non-hydrogen) atoms. The summed E-state index contributed by atoms with van der Waals surface area (Å²) in [5.74, 6) is -1.03. The van der Waals surface area contributed by atoms with E-state index >= 15 is 0 Å². The van der Waals surface area contributed by atoms with Gasteiger partial charge in [-0.25, -0.2) is 0 Å². The average Bonchev–Trinajstić information content (AvgIpc) is 2.76. The van der Waals surface area contributed by atoms with Gasteiger partial charge in [-0.2, -0.15) is 24.5 Å². The lowest BCUT2D eigenvalue weighted by molar-refractivity contribution is -0.139. The molecular formula is C12H16F3NO2S. The number of unbranched alkanes of at least 4 members (excludes halogenated alkanes) is 1. The van der Waals surface area contributed by atoms with Crippen molar-refractivity contribution in [1.82, 2.24) is 5.32 Å². The Hall–Kier alpha value is -1.08. The van der Waals surface area contributed by atoms with Crippen LogP contribution in [0.15, 0.2) is 10.8 Å². The maximum absolute atomic E-state index is 12.6. The lowest BCUT2D eigenvalue weighted by Gasteiger charge is -2.15. The lowest BCUT2D eigenvalue weighted by atomic mass is 10.1. The fourth-order valence-electron chi connectivity index (χ4n) is 1.66. The second kappa shape index (κ2) is 6.91. The van der Waals surface area contributed by atoms with Gasteiger partial charge in [0.05, 0.1) is 5.56 Å². The van der Waals surface area contributed by atoms with E-state index in [4.69, 9.17) is 5.11 Å². The van der Waals surface area contributed by atoms with E-state index < -0.39 is 23.8 Å². The van der Waals surface area contributed by atoms with Crippen molar-refractivity contribution in [3.63, 3.8) is 0 Å². The van der Waals surface area contributed by atoms with Crippen LogP contribution in [0, 0.1) is 0 Å². The number of nitrogens with one attached hydrogen (secondary N) is 1. The second-order valence-electron chi connectivity index (χ2n) is 4.22. The Labute approximate surface area is 113 Å². The summed E-state index contributed by atoms with van der Waals surface area (Å²) < 4.78 is 37.9. The van der Waals surface area contributed by atoms with Crippen molar-refractivity contribution in [2.75, 3.05) is 0 Å². The molecule has 0 saturated carbocycles. The first-order chi connectivity index (χ1) is 8.86. The maximum Gasteiger partial charge on any atom is 0.417 e. The Morgan fingerprint density at radius 3 is 2.68 bits per heavy atom. The van der Waals surface area contributed by atoms with E-state index in [9.17, 15) is 18.0 Å². The SMILES string of the molecule is CCCC[C@H](NCc1cscc1C(F)(F)F)C(=O)O. The number of carbonyl (C=O) groups is 1. The van der Waals surface area contributed by atoms with Gasteiger partial charge in [-0.15, -0.1) is 0 Å². The Kier molecular flexibility index (Phi) is 5.81. The Balaban J connectivity index is 2.64. The molecule has 0 spiro atoms. The number of carboxylic acids is 1. The number of alkyl halides is 3. The van der Waals surface area contributed by atoms with Gasteiger partial charge in [0.15, 0.2) is 0 Å². The molecule has 1 aromatic rings. The first-order valence-corrected chi connectivity index (χ1v) is 6.89. The van der Waals surface area contributed by atoms with Crippen LogP contribution in [0.2, 0.25) is 0 Å². The molecule has 108 valence electrons. The van der Waals surface area contributed by atoms with Crippen LogP contribution >= 0.6 is 11.3 Å². The summed E-state index contributed by atoms with van der Waals surface area (Å²) in [6.07, 6.45) is -2.41. The molecule has 0 aromatic carbocycles. The van der Waals surface area contributed by atoms with Gasteiger partial charge in [0.2, 0.25) is 0 Å². The van der Waals surface area contributed by atoms with Crippen molar-refractivity contribution in [3.05, 3.63) is 21.9 Å². The molecule has 3 nitrogen and oxygen atoms in total. The third-order valence-electron chi connectivity index (χ3n) is 2.73. The van der Waals surface area contributed by atoms with Crippen LogP contribution < -0.4 is 5.32 Å². The number of aliphatic carboxylic acids is 1. The smallest absolute Gasteiger partial charge is 0.417 e. The van der Waals surface area contributed by atoms with Crippen LogP contribution in [-0.4, -0.2) is 17.1 Å². The Morgan fingerprint density at radius 1 is 1.47 bits per heavy atom. The minimum absolute atomic E-state index is 0.0843. The van der Waals surface area contributed by atoms with Gasteiger partial charge in [-0.3, -0.25) is 4.79 Å². The minimum Gasteiger partial charge on any atom is -0.480 e. The number of thiophene rings is 1. The summed E-state index contributed by atoms with van der Waals surface area (Å²) in [5.41, 5.74) is -0.593. The first kappa shape index (κ1) is 16.0. The van der Waals surface area contributed by atoms with Crippen molar-refractivity contribution in [2.45, 2.75) is 44.9 Å². The Bertz CT molecular complexity index is 417. The standard InChI is InChI=1S/C12H16F3NO2S/c1-2-3-4-10(11(17)18)16-5-8-6-19-7-9(8)12(13,14)15/h6-7,10,16H,2-5H2,1H3,(H,17,18)/t10-/m0/s1. The summed E-state index contributed by atoms with van der Waals surface area (Å²) >= 11 is 0.964. The topological polar surface area (TPSA) is 49.3 Å². The van der Waals surface area contributed by atoms with Crippen LogP contribution in [0.1, 0.15) is 37.3 Å². The number of hydrogen-bond acceptors (Lipinski definition) is 3. The molecule has 0 saturated heterocycles. The molecule has 0 radical (unpaired) electrons. The molecule has 0 unspecified atom stereocenters. The molecule has 0 aliphatic heterocycles. The molecule has 1 rings (SSSR count). The van der Waals surface area contributed by atoms with Crippen LogP contribution in [-0.2, 0) is 17.5 Å². The van der Waals surface area contributed by atoms with E-state index in [2.05, 4.69) is 5.32 Å². The third kappa shape index (κ3) is 4.83. The van der Waals surface area contributed by atoms with Crippen LogP contribution in [0.4, 0.5) is 13.2 Å². The highest BCUT2D eigenvalue weighted by Gasteiger charge is 2.34. The highest BCUT2D eigenvalue weighted by molar-refractivity contribution is 7.08. The molecule has 2 N–H and O–H groups in total. The molecule has 1 atom stereocenters. The quantitative estimate of drug-likeness (QED) is 0.809. The van der Waals surface area contributed by atoms with Crippen molar-refractivity contribution in [1.29, 1.82) is 0 Å². The summed E-state index contributed by atoms with van der Waals surface area (Å²) in [6, 6.07) is -0.805. The van der Waals surface area contributed by atoms with Gasteiger partial charge in [-0.05, 0) is 17.4 Å². The van der Waals surface area contributed by atoms with Gasteiger partial charge < -0.3 is 10.4 Å². The van der Waals surface area contributed by atoms with E-state index in [0.717, 1.165) is 29.6 Å². The molecule has 0 amide bonds. The zero-order valence-electron chi connectivity index (χ0n) is 10.5. The summed E-state index contributed by atoms with van der Waals surface area (Å²) in [5, 5.41) is 14.1. The van der Waals surface area contributed by atoms with Crippen molar-refractivity contribution >= 4 is 17.3 Å². The zero-order chi connectivity index (χ0) is 14.5. The third-order valence-corrected chi connectivity index (χ3v) is 3.52. The first-order valence-electron chi connectivity index (χ1n) is 5.94. The number of rotatable bonds is 7. The number of halogens is 3. The van der Waals surface area contributed by atoms with Gasteiger partial charge >= 0.3 is 12.1 Å². The molecular weight excluding hydrogens is 279 g/mol. The van der Waals surface area contributed by atoms with E-state index in [1.807, 2.05) is 6.92 Å². The van der Waals surface area contributed by atoms with Gasteiger partial charge in [0, 0.05) is 11.9 Å². The van der Waals surface area contributed by atoms with E-state index in [0.29, 0.717) is 6.42 Å². The summed E-state index contributed by atoms with van der Waals surface area (Å²) in [4.78, 5) is 11.0. The van der Waals surface area contributed by atoms with Crippen LogP contribution in [0.25, 0.3) is 0 Å². The average molecular weight is 295 g/mol. The summed E-state index contributed by atoms with van der Waals surface area (Å²) in [6.45, 7) is 1.85. The maximum atomic E-state index is 12.6. The lowest BCUT2D eigenvalue weighted by Crippen LogP contribution is -2.36. The van der Waals surface area contributed by atoms with Crippen LogP contribution in [0.5, 0.6) is 0 Å². The monoisotopic (exact) mass is 295 g/mol. The van der Waals surface area contributed by atoms with E-state index in [-0.39, 0.29) is 12.1 Å². The van der Waals surface area contributed by atoms with Crippen molar-refractivity contribution in [2.24, 2.45) is 0 Å². The zero-order valence-corrected chi connectivity index (χ0v) is 11.3. The van der Waals surface area contributed by atoms with Crippen molar-refractivity contribution < 1.29 is 23.1 Å². The predicted molar refractivity (Wildman–Crippen MR) is 67.1 cm³/mol. The molecule has 1 aromatic heterocycles. The predicted octanol–water partition coefficient (Wildman–Crippen LogP) is 3.50. The summed E-state index contributed by atoms with van der Waals surface area (Å²) in [7, 11) is 0. The molecule has 1 heterocycles. The molecule has 0 fully saturated rings. The second-order valence-corrected chi connectivity index (χ2v) is 4.97. The van der Waals surface area contributed by atoms with Gasteiger partial charge in [0.25, 0.3) is 0 Å². The van der Waals surface area contributed by atoms with E-state index in [1.54, 1.807) is 0 Å². The molecule has 0 bridgehead atoms. The van der Waals surface area contributed by atoms with E-state index in [1.165, 1.54) is 5.38 Å². The fraction of sp³-hybridized carbons (Fsp3) is 0.583. The number of hydrogen-bond donors (Lipinski definition) is 2. The van der Waals surface area contributed by atoms with Crippen molar-refractivity contribution in [3.8, 4) is 0 Å². The Morgan fingerprint density at radius 2 is 2.16 bits per heavy atom. The largest absolute Gasteiger partial charge is 0.480 e.